The fourth-order valence-corrected chi connectivity index (χ4v) is 4.27. The molecule has 0 spiro atoms. The van der Waals surface area contributed by atoms with E-state index in [4.69, 9.17) is 10.5 Å². The number of benzene rings is 4. The van der Waals surface area contributed by atoms with Crippen molar-refractivity contribution in [2.75, 3.05) is 6.61 Å². The van der Waals surface area contributed by atoms with Crippen LogP contribution >= 0.6 is 0 Å². The molecule has 1 heterocycles. The van der Waals surface area contributed by atoms with Crippen LogP contribution in [0.25, 0.3) is 10.8 Å². The van der Waals surface area contributed by atoms with E-state index in [1.54, 1.807) is 0 Å². The zero-order valence-electron chi connectivity index (χ0n) is 19.3. The quantitative estimate of drug-likeness (QED) is 0.414. The molecule has 0 radical (unpaired) electrons. The number of primary amides is 1. The molecular weight excluding hydrogens is 454 g/mol. The van der Waals surface area contributed by atoms with Crippen LogP contribution in [0.15, 0.2) is 102 Å². The Balaban J connectivity index is 1.36. The first-order valence-corrected chi connectivity index (χ1v) is 11.5. The number of hydrazone groups is 1. The van der Waals surface area contributed by atoms with Crippen LogP contribution in [-0.2, 0) is 9.53 Å². The number of carbonyl (C=O) groups excluding carboxylic acids is 3. The Morgan fingerprint density at radius 2 is 1.50 bits per heavy atom. The lowest BCUT2D eigenvalue weighted by Gasteiger charge is -2.21. The first kappa shape index (κ1) is 23.0. The summed E-state index contributed by atoms with van der Waals surface area (Å²) in [7, 11) is 0. The summed E-state index contributed by atoms with van der Waals surface area (Å²) >= 11 is 0. The maximum Gasteiger partial charge on any atom is 0.338 e. The number of hydrogen-bond donors (Lipinski definition) is 1. The molecule has 4 aromatic rings. The summed E-state index contributed by atoms with van der Waals surface area (Å²) in [5.41, 5.74) is 8.40. The molecule has 7 nitrogen and oxygen atoms in total. The summed E-state index contributed by atoms with van der Waals surface area (Å²) in [6.07, 6.45) is 0.538. The molecule has 0 aliphatic carbocycles. The number of nitrogens with two attached hydrogens (primary N) is 1. The Bertz CT molecular complexity index is 1480. The maximum atomic E-state index is 13.2. The molecule has 1 atom stereocenters. The van der Waals surface area contributed by atoms with Crippen LogP contribution in [0.2, 0.25) is 0 Å². The lowest BCUT2D eigenvalue weighted by atomic mass is 9.97. The first-order valence-electron chi connectivity index (χ1n) is 11.5. The summed E-state index contributed by atoms with van der Waals surface area (Å²) in [5, 5.41) is 8.29. The van der Waals surface area contributed by atoms with Gasteiger partial charge < -0.3 is 10.5 Å². The van der Waals surface area contributed by atoms with Crippen LogP contribution in [0, 0.1) is 0 Å². The molecule has 2 N–H and O–H groups in total. The van der Waals surface area contributed by atoms with Crippen molar-refractivity contribution in [2.24, 2.45) is 10.8 Å². The van der Waals surface area contributed by atoms with Gasteiger partial charge in [-0.3, -0.25) is 9.59 Å². The third kappa shape index (κ3) is 4.72. The Morgan fingerprint density at radius 1 is 0.833 bits per heavy atom. The SMILES string of the molecule is NC(=O)c1ccc(C(=O)OCC(=O)N2N=C(c3ccc4ccccc4c3)CC2c2ccccc2)cc1. The van der Waals surface area contributed by atoms with Crippen molar-refractivity contribution in [1.29, 1.82) is 0 Å². The van der Waals surface area contributed by atoms with Crippen LogP contribution in [0.5, 0.6) is 0 Å². The van der Waals surface area contributed by atoms with Gasteiger partial charge in [-0.1, -0.05) is 66.7 Å². The van der Waals surface area contributed by atoms with Crippen molar-refractivity contribution in [3.8, 4) is 0 Å². The van der Waals surface area contributed by atoms with Crippen LogP contribution in [-0.4, -0.2) is 35.1 Å². The van der Waals surface area contributed by atoms with E-state index in [0.29, 0.717) is 6.42 Å². The molecule has 0 fully saturated rings. The molecule has 0 saturated carbocycles. The van der Waals surface area contributed by atoms with Gasteiger partial charge in [-0.25, -0.2) is 9.80 Å². The molecule has 0 bridgehead atoms. The van der Waals surface area contributed by atoms with E-state index < -0.39 is 24.4 Å². The Labute approximate surface area is 207 Å². The zero-order chi connectivity index (χ0) is 25.1. The molecule has 0 saturated heterocycles. The predicted molar refractivity (Wildman–Crippen MR) is 136 cm³/mol. The fourth-order valence-electron chi connectivity index (χ4n) is 4.27. The van der Waals surface area contributed by atoms with E-state index in [2.05, 4.69) is 11.2 Å². The number of carbonyl (C=O) groups is 3. The molecule has 4 aromatic carbocycles. The largest absolute Gasteiger partial charge is 0.452 e. The smallest absolute Gasteiger partial charge is 0.338 e. The molecule has 36 heavy (non-hydrogen) atoms. The summed E-state index contributed by atoms with van der Waals surface area (Å²) < 4.78 is 5.27. The fraction of sp³-hybridized carbons (Fsp3) is 0.103. The number of ether oxygens (including phenoxy) is 1. The zero-order valence-corrected chi connectivity index (χ0v) is 19.3. The standard InChI is InChI=1S/C29H23N3O4/c30-28(34)21-11-13-22(14-12-21)29(35)36-18-27(33)32-26(20-7-2-1-3-8-20)17-25(31-32)24-15-10-19-6-4-5-9-23(19)16-24/h1-16,26H,17-18H2,(H2,30,34). The van der Waals surface area contributed by atoms with Crippen LogP contribution < -0.4 is 5.73 Å². The lowest BCUT2D eigenvalue weighted by Crippen LogP contribution is -2.31. The molecule has 1 aliphatic heterocycles. The van der Waals surface area contributed by atoms with Crippen molar-refractivity contribution in [2.45, 2.75) is 12.5 Å². The van der Waals surface area contributed by atoms with Crippen molar-refractivity contribution < 1.29 is 19.1 Å². The number of rotatable bonds is 6. The van der Waals surface area contributed by atoms with Crippen molar-refractivity contribution in [3.05, 3.63) is 119 Å². The molecule has 2 amide bonds. The Kier molecular flexibility index (Phi) is 6.28. The second-order valence-electron chi connectivity index (χ2n) is 8.50. The Hall–Kier alpha value is -4.78. The minimum Gasteiger partial charge on any atom is -0.452 e. The average Bonchev–Trinajstić information content (AvgIpc) is 3.37. The number of esters is 1. The molecular formula is C29H23N3O4. The Morgan fingerprint density at radius 3 is 2.22 bits per heavy atom. The van der Waals surface area contributed by atoms with Crippen LogP contribution in [0.1, 0.15) is 44.3 Å². The second-order valence-corrected chi connectivity index (χ2v) is 8.50. The highest BCUT2D eigenvalue weighted by Crippen LogP contribution is 2.33. The van der Waals surface area contributed by atoms with Gasteiger partial charge in [-0.15, -0.1) is 0 Å². The highest BCUT2D eigenvalue weighted by molar-refractivity contribution is 6.05. The van der Waals surface area contributed by atoms with Gasteiger partial charge >= 0.3 is 5.97 Å². The first-order chi connectivity index (χ1) is 17.5. The minimum absolute atomic E-state index is 0.217. The van der Waals surface area contributed by atoms with Crippen LogP contribution in [0.4, 0.5) is 0 Å². The van der Waals surface area contributed by atoms with Gasteiger partial charge in [0.05, 0.1) is 17.3 Å². The monoisotopic (exact) mass is 477 g/mol. The van der Waals surface area contributed by atoms with Gasteiger partial charge in [-0.05, 0) is 52.2 Å². The van der Waals surface area contributed by atoms with E-state index in [9.17, 15) is 14.4 Å². The number of fused-ring (bicyclic) bond motifs is 1. The van der Waals surface area contributed by atoms with Gasteiger partial charge in [0.2, 0.25) is 5.91 Å². The van der Waals surface area contributed by atoms with Gasteiger partial charge in [0, 0.05) is 12.0 Å². The molecule has 1 aliphatic rings. The van der Waals surface area contributed by atoms with Crippen LogP contribution in [0.3, 0.4) is 0 Å². The minimum atomic E-state index is -0.673. The van der Waals surface area contributed by atoms with Gasteiger partial charge in [0.1, 0.15) is 0 Å². The van der Waals surface area contributed by atoms with E-state index in [-0.39, 0.29) is 17.2 Å². The number of nitrogens with zero attached hydrogens (tertiary/aromatic N) is 2. The van der Waals surface area contributed by atoms with Gasteiger partial charge in [-0.2, -0.15) is 5.10 Å². The van der Waals surface area contributed by atoms with E-state index >= 15 is 0 Å². The summed E-state index contributed by atoms with van der Waals surface area (Å²) in [5.74, 6) is -1.69. The van der Waals surface area contributed by atoms with Crippen molar-refractivity contribution >= 4 is 34.3 Å². The molecule has 178 valence electrons. The summed E-state index contributed by atoms with van der Waals surface area (Å²) in [6.45, 7) is -0.464. The third-order valence-electron chi connectivity index (χ3n) is 6.16. The molecule has 5 rings (SSSR count). The highest BCUT2D eigenvalue weighted by atomic mass is 16.5. The van der Waals surface area contributed by atoms with Crippen molar-refractivity contribution in [1.82, 2.24) is 5.01 Å². The predicted octanol–water partition coefficient (Wildman–Crippen LogP) is 4.47. The second kappa shape index (κ2) is 9.84. The number of amides is 2. The lowest BCUT2D eigenvalue weighted by molar-refractivity contribution is -0.136. The van der Waals surface area contributed by atoms with Gasteiger partial charge in [0.25, 0.3) is 5.91 Å². The molecule has 1 unspecified atom stereocenters. The topological polar surface area (TPSA) is 102 Å². The number of hydrogen-bond acceptors (Lipinski definition) is 5. The van der Waals surface area contributed by atoms with E-state index in [1.165, 1.54) is 29.3 Å². The maximum absolute atomic E-state index is 13.2. The third-order valence-corrected chi connectivity index (χ3v) is 6.16. The normalized spacial score (nSPS) is 14.9. The molecule has 7 heteroatoms. The summed E-state index contributed by atoms with van der Waals surface area (Å²) in [4.78, 5) is 36.9. The van der Waals surface area contributed by atoms with Gasteiger partial charge in [0.15, 0.2) is 6.61 Å². The summed E-state index contributed by atoms with van der Waals surface area (Å²) in [6, 6.07) is 29.3. The highest BCUT2D eigenvalue weighted by Gasteiger charge is 2.33. The van der Waals surface area contributed by atoms with E-state index in [1.807, 2.05) is 66.7 Å². The van der Waals surface area contributed by atoms with Crippen molar-refractivity contribution in [3.63, 3.8) is 0 Å². The molecule has 0 aromatic heterocycles. The average molecular weight is 478 g/mol. The van der Waals surface area contributed by atoms with E-state index in [0.717, 1.165) is 27.6 Å².